The van der Waals surface area contributed by atoms with Crippen LogP contribution in [0.1, 0.15) is 11.6 Å². The Hall–Kier alpha value is -2.26. The molecule has 3 heteroatoms. The first-order valence-corrected chi connectivity index (χ1v) is 6.80. The minimum Gasteiger partial charge on any atom is -0.485 e. The van der Waals surface area contributed by atoms with Crippen molar-refractivity contribution in [1.82, 2.24) is 4.57 Å². The third-order valence-electron chi connectivity index (χ3n) is 3.98. The van der Waals surface area contributed by atoms with Crippen molar-refractivity contribution in [3.63, 3.8) is 0 Å². The molecule has 0 spiro atoms. The predicted octanol–water partition coefficient (Wildman–Crippen LogP) is 2.98. The van der Waals surface area contributed by atoms with E-state index in [2.05, 4.69) is 35.0 Å². The van der Waals surface area contributed by atoms with Crippen molar-refractivity contribution < 1.29 is 9.84 Å². The minimum absolute atomic E-state index is 0.00581. The molecule has 2 unspecified atom stereocenters. The summed E-state index contributed by atoms with van der Waals surface area (Å²) in [7, 11) is 0. The maximum Gasteiger partial charge on any atom is 0.146 e. The first kappa shape index (κ1) is 11.6. The van der Waals surface area contributed by atoms with Crippen LogP contribution in [0.3, 0.4) is 0 Å². The Bertz CT molecular complexity index is 762. The average molecular weight is 265 g/mol. The van der Waals surface area contributed by atoms with Gasteiger partial charge in [0.2, 0.25) is 0 Å². The van der Waals surface area contributed by atoms with E-state index in [0.29, 0.717) is 0 Å². The highest BCUT2D eigenvalue weighted by Crippen LogP contribution is 2.40. The number of benzene rings is 2. The van der Waals surface area contributed by atoms with Crippen LogP contribution in [0.4, 0.5) is 0 Å². The summed E-state index contributed by atoms with van der Waals surface area (Å²) >= 11 is 0. The molecular weight excluding hydrogens is 250 g/mol. The van der Waals surface area contributed by atoms with Crippen LogP contribution < -0.4 is 4.74 Å². The normalized spacial score (nSPS) is 20.9. The number of aromatic nitrogens is 1. The molecule has 0 saturated carbocycles. The molecule has 100 valence electrons. The fraction of sp³-hybridized carbons (Fsp3) is 0.176. The van der Waals surface area contributed by atoms with Crippen LogP contribution in [0.25, 0.3) is 10.9 Å². The van der Waals surface area contributed by atoms with Crippen LogP contribution in [-0.4, -0.2) is 22.4 Å². The first-order valence-electron chi connectivity index (χ1n) is 6.80. The van der Waals surface area contributed by atoms with E-state index in [0.717, 1.165) is 16.8 Å². The maximum absolute atomic E-state index is 9.64. The summed E-state index contributed by atoms with van der Waals surface area (Å²) in [5, 5.41) is 10.8. The van der Waals surface area contributed by atoms with Gasteiger partial charge in [-0.2, -0.15) is 0 Å². The molecule has 1 N–H and O–H groups in total. The highest BCUT2D eigenvalue weighted by Gasteiger charge is 2.35. The number of ether oxygens (including phenoxy) is 1. The van der Waals surface area contributed by atoms with Gasteiger partial charge in [0.25, 0.3) is 0 Å². The zero-order chi connectivity index (χ0) is 13.5. The molecule has 0 amide bonds. The largest absolute Gasteiger partial charge is 0.485 e. The molecule has 0 radical (unpaired) electrons. The lowest BCUT2D eigenvalue weighted by molar-refractivity contribution is 0.109. The Morgan fingerprint density at radius 2 is 1.80 bits per heavy atom. The molecule has 2 heterocycles. The standard InChI is InChI=1S/C17H15NO2/c19-11-16-17(13-6-2-4-8-15(13)20-16)18-10-9-12-5-1-3-7-14(12)18/h1-10,16-17,19H,11H2. The van der Waals surface area contributed by atoms with Crippen molar-refractivity contribution in [2.45, 2.75) is 12.1 Å². The lowest BCUT2D eigenvalue weighted by Crippen LogP contribution is -2.27. The second-order valence-electron chi connectivity index (χ2n) is 5.10. The van der Waals surface area contributed by atoms with Gasteiger partial charge < -0.3 is 14.4 Å². The van der Waals surface area contributed by atoms with Crippen LogP contribution in [0.5, 0.6) is 5.75 Å². The zero-order valence-electron chi connectivity index (χ0n) is 10.9. The van der Waals surface area contributed by atoms with Gasteiger partial charge in [0.15, 0.2) is 0 Å². The summed E-state index contributed by atoms with van der Waals surface area (Å²) in [6, 6.07) is 18.4. The molecule has 0 aliphatic carbocycles. The molecular formula is C17H15NO2. The van der Waals surface area contributed by atoms with E-state index in [1.165, 1.54) is 5.39 Å². The van der Waals surface area contributed by atoms with Crippen LogP contribution in [0.15, 0.2) is 60.8 Å². The van der Waals surface area contributed by atoms with Crippen molar-refractivity contribution in [1.29, 1.82) is 0 Å². The third kappa shape index (κ3) is 1.57. The van der Waals surface area contributed by atoms with Crippen molar-refractivity contribution in [3.05, 3.63) is 66.4 Å². The number of hydrogen-bond acceptors (Lipinski definition) is 2. The van der Waals surface area contributed by atoms with Crippen molar-refractivity contribution in [2.24, 2.45) is 0 Å². The Labute approximate surface area is 117 Å². The Morgan fingerprint density at radius 3 is 2.70 bits per heavy atom. The fourth-order valence-corrected chi connectivity index (χ4v) is 3.07. The van der Waals surface area contributed by atoms with Gasteiger partial charge in [-0.1, -0.05) is 36.4 Å². The van der Waals surface area contributed by atoms with Crippen molar-refractivity contribution in [3.8, 4) is 5.75 Å². The first-order chi connectivity index (χ1) is 9.88. The summed E-state index contributed by atoms with van der Waals surface area (Å²) in [5.41, 5.74) is 2.30. The fourth-order valence-electron chi connectivity index (χ4n) is 3.07. The Kier molecular flexibility index (Phi) is 2.54. The van der Waals surface area contributed by atoms with E-state index in [1.807, 2.05) is 30.3 Å². The van der Waals surface area contributed by atoms with Crippen molar-refractivity contribution in [2.75, 3.05) is 6.61 Å². The zero-order valence-corrected chi connectivity index (χ0v) is 10.9. The monoisotopic (exact) mass is 265 g/mol. The molecule has 1 aromatic heterocycles. The number of para-hydroxylation sites is 2. The number of aliphatic hydroxyl groups is 1. The van der Waals surface area contributed by atoms with Gasteiger partial charge >= 0.3 is 0 Å². The Balaban J connectivity index is 1.92. The molecule has 0 bridgehead atoms. The van der Waals surface area contributed by atoms with Gasteiger partial charge in [-0.05, 0) is 23.6 Å². The van der Waals surface area contributed by atoms with Gasteiger partial charge in [-0.3, -0.25) is 0 Å². The van der Waals surface area contributed by atoms with Gasteiger partial charge in [-0.25, -0.2) is 0 Å². The molecule has 1 aliphatic rings. The maximum atomic E-state index is 9.64. The highest BCUT2D eigenvalue weighted by molar-refractivity contribution is 5.80. The van der Waals surface area contributed by atoms with E-state index in [4.69, 9.17) is 4.74 Å². The number of hydrogen-bond donors (Lipinski definition) is 1. The smallest absolute Gasteiger partial charge is 0.146 e. The second kappa shape index (κ2) is 4.39. The predicted molar refractivity (Wildman–Crippen MR) is 78.0 cm³/mol. The lowest BCUT2D eigenvalue weighted by atomic mass is 10.0. The van der Waals surface area contributed by atoms with Crippen LogP contribution in [0.2, 0.25) is 0 Å². The lowest BCUT2D eigenvalue weighted by Gasteiger charge is -2.20. The van der Waals surface area contributed by atoms with E-state index in [-0.39, 0.29) is 18.8 Å². The molecule has 4 rings (SSSR count). The van der Waals surface area contributed by atoms with Crippen LogP contribution >= 0.6 is 0 Å². The number of nitrogens with zero attached hydrogens (tertiary/aromatic N) is 1. The van der Waals surface area contributed by atoms with Gasteiger partial charge in [-0.15, -0.1) is 0 Å². The van der Waals surface area contributed by atoms with Gasteiger partial charge in [0.05, 0.1) is 6.61 Å². The van der Waals surface area contributed by atoms with E-state index < -0.39 is 0 Å². The van der Waals surface area contributed by atoms with Gasteiger partial charge in [0.1, 0.15) is 17.9 Å². The molecule has 3 aromatic rings. The van der Waals surface area contributed by atoms with E-state index in [1.54, 1.807) is 0 Å². The summed E-state index contributed by atoms with van der Waals surface area (Å²) in [6.45, 7) is 0.00581. The molecule has 0 saturated heterocycles. The SMILES string of the molecule is OCC1Oc2ccccc2C1n1ccc2ccccc21. The quantitative estimate of drug-likeness (QED) is 0.773. The second-order valence-corrected chi connectivity index (χ2v) is 5.10. The number of rotatable bonds is 2. The highest BCUT2D eigenvalue weighted by atomic mass is 16.5. The summed E-state index contributed by atoms with van der Waals surface area (Å²) in [4.78, 5) is 0. The Morgan fingerprint density at radius 1 is 1.00 bits per heavy atom. The number of aliphatic hydroxyl groups excluding tert-OH is 1. The average Bonchev–Trinajstić information content (AvgIpc) is 3.07. The topological polar surface area (TPSA) is 34.4 Å². The minimum atomic E-state index is -0.233. The van der Waals surface area contributed by atoms with Crippen molar-refractivity contribution >= 4 is 10.9 Å². The number of fused-ring (bicyclic) bond motifs is 2. The molecule has 2 atom stereocenters. The van der Waals surface area contributed by atoms with E-state index >= 15 is 0 Å². The molecule has 0 fully saturated rings. The van der Waals surface area contributed by atoms with Gasteiger partial charge in [0, 0.05) is 17.3 Å². The third-order valence-corrected chi connectivity index (χ3v) is 3.98. The molecule has 20 heavy (non-hydrogen) atoms. The molecule has 2 aromatic carbocycles. The van der Waals surface area contributed by atoms with E-state index in [9.17, 15) is 5.11 Å². The summed E-state index contributed by atoms with van der Waals surface area (Å²) < 4.78 is 8.07. The summed E-state index contributed by atoms with van der Waals surface area (Å²) in [6.07, 6.45) is 1.84. The summed E-state index contributed by atoms with van der Waals surface area (Å²) in [5.74, 6) is 0.870. The molecule has 3 nitrogen and oxygen atoms in total. The van der Waals surface area contributed by atoms with Crippen LogP contribution in [0, 0.1) is 0 Å². The molecule has 1 aliphatic heterocycles. The van der Waals surface area contributed by atoms with Crippen LogP contribution in [-0.2, 0) is 0 Å².